The van der Waals surface area contributed by atoms with Gasteiger partial charge >= 0.3 is 39.5 Å². The minimum Gasteiger partial charge on any atom is -0.462 e. The predicted octanol–water partition coefficient (Wildman–Crippen LogP) is 21.9. The van der Waals surface area contributed by atoms with E-state index >= 15 is 0 Å². The topological polar surface area (TPSA) is 237 Å². The fourth-order valence-corrected chi connectivity index (χ4v) is 11.1. The third kappa shape index (κ3) is 71.3. The summed E-state index contributed by atoms with van der Waals surface area (Å²) in [6.07, 6.45) is 81.2. The lowest BCUT2D eigenvalue weighted by atomic mass is 10.1. The molecule has 0 aromatic rings. The second kappa shape index (κ2) is 72.3. The van der Waals surface area contributed by atoms with E-state index in [0.29, 0.717) is 25.7 Å². The van der Waals surface area contributed by atoms with Crippen molar-refractivity contribution in [2.45, 2.75) is 303 Å². The lowest BCUT2D eigenvalue weighted by Crippen LogP contribution is -2.30. The molecule has 0 aliphatic heterocycles. The third-order valence-corrected chi connectivity index (χ3v) is 17.2. The Morgan fingerprint density at radius 1 is 0.290 bits per heavy atom. The standard InChI is InChI=1S/C81H134O17P2/c1-5-9-13-17-21-25-29-33-37-41-45-49-53-57-61-65-78(83)91-71-76(97-80(85)67-63-59-55-51-47-43-39-35-31-27-23-19-15-11-7-3)73-95-99(87,88)93-69-75(82)70-94-100(89,90)96-74-77(98-81(86)68-64-60-56-52-48-44-40-36-32-28-24-20-16-12-8-4)72-92-79(84)66-62-58-54-50-46-42-38-34-30-26-22-18-14-10-6-2/h9-11,13-15,21-28,33-40,45,49,75-77,82H,5-8,12,16-20,29-32,41-44,46-48,50-74H2,1-4H3,(H,87,88)(H,89,90)/b13-9-,14-10-,15-11-,25-21-,26-22-,27-23-,28-24-,37-33-,38-34-,39-35-,40-36-,49-45-. The number of ether oxygens (including phenoxy) is 4. The van der Waals surface area contributed by atoms with Crippen LogP contribution in [0.2, 0.25) is 0 Å². The van der Waals surface area contributed by atoms with Crippen LogP contribution in [0.5, 0.6) is 0 Å². The van der Waals surface area contributed by atoms with Crippen LogP contribution in [0.25, 0.3) is 0 Å². The van der Waals surface area contributed by atoms with Crippen LogP contribution in [-0.2, 0) is 65.4 Å². The number of hydrogen-bond donors (Lipinski definition) is 3. The first-order chi connectivity index (χ1) is 48.7. The summed E-state index contributed by atoms with van der Waals surface area (Å²) in [5.74, 6) is -2.28. The Balaban J connectivity index is 5.44. The number of rotatable bonds is 70. The van der Waals surface area contributed by atoms with Gasteiger partial charge in [-0.05, 0) is 161 Å². The number of unbranched alkanes of at least 4 members (excludes halogenated alkanes) is 20. The first-order valence-corrected chi connectivity index (χ1v) is 41.1. The zero-order chi connectivity index (χ0) is 73.2. The van der Waals surface area contributed by atoms with E-state index in [1.54, 1.807) is 0 Å². The van der Waals surface area contributed by atoms with Crippen molar-refractivity contribution in [3.05, 3.63) is 146 Å². The zero-order valence-electron chi connectivity index (χ0n) is 62.1. The lowest BCUT2D eigenvalue weighted by Gasteiger charge is -2.21. The molecule has 19 heteroatoms. The number of allylic oxidation sites excluding steroid dienone is 24. The van der Waals surface area contributed by atoms with Crippen molar-refractivity contribution >= 4 is 39.5 Å². The Labute approximate surface area is 605 Å². The molecule has 0 heterocycles. The average molecular weight is 1440 g/mol. The van der Waals surface area contributed by atoms with Crippen LogP contribution in [-0.4, -0.2) is 96.7 Å². The molecule has 0 saturated heterocycles. The van der Waals surface area contributed by atoms with Crippen molar-refractivity contribution in [1.29, 1.82) is 0 Å². The number of carbonyl (C=O) groups excluding carboxylic acids is 4. The van der Waals surface area contributed by atoms with Gasteiger partial charge in [0.1, 0.15) is 19.3 Å². The number of esters is 4. The monoisotopic (exact) mass is 1440 g/mol. The molecule has 0 aromatic carbocycles. The van der Waals surface area contributed by atoms with E-state index in [-0.39, 0.29) is 25.7 Å². The molecule has 0 spiro atoms. The lowest BCUT2D eigenvalue weighted by molar-refractivity contribution is -0.161. The van der Waals surface area contributed by atoms with Gasteiger partial charge in [-0.15, -0.1) is 0 Å². The van der Waals surface area contributed by atoms with E-state index in [2.05, 4.69) is 174 Å². The van der Waals surface area contributed by atoms with Crippen molar-refractivity contribution < 1.29 is 80.2 Å². The highest BCUT2D eigenvalue weighted by Crippen LogP contribution is 2.45. The number of carbonyl (C=O) groups is 4. The number of hydrogen-bond acceptors (Lipinski definition) is 15. The molecule has 5 atom stereocenters. The van der Waals surface area contributed by atoms with Crippen LogP contribution in [0.15, 0.2) is 146 Å². The molecule has 570 valence electrons. The van der Waals surface area contributed by atoms with Gasteiger partial charge in [0.25, 0.3) is 0 Å². The highest BCUT2D eigenvalue weighted by atomic mass is 31.2. The molecule has 3 N–H and O–H groups in total. The van der Waals surface area contributed by atoms with Gasteiger partial charge in [0, 0.05) is 25.7 Å². The Morgan fingerprint density at radius 2 is 0.520 bits per heavy atom. The van der Waals surface area contributed by atoms with Crippen molar-refractivity contribution in [2.24, 2.45) is 0 Å². The van der Waals surface area contributed by atoms with Crippen molar-refractivity contribution in [1.82, 2.24) is 0 Å². The highest BCUT2D eigenvalue weighted by Gasteiger charge is 2.30. The molecule has 0 amide bonds. The molecular weight excluding hydrogens is 1310 g/mol. The Morgan fingerprint density at radius 3 is 0.820 bits per heavy atom. The van der Waals surface area contributed by atoms with Gasteiger partial charge in [0.05, 0.1) is 26.4 Å². The van der Waals surface area contributed by atoms with Gasteiger partial charge in [-0.1, -0.05) is 244 Å². The summed E-state index contributed by atoms with van der Waals surface area (Å²) in [5.41, 5.74) is 0. The summed E-state index contributed by atoms with van der Waals surface area (Å²) in [6.45, 7) is 4.39. The summed E-state index contributed by atoms with van der Waals surface area (Å²) < 4.78 is 68.4. The Hall–Kier alpha value is -5.06. The summed E-state index contributed by atoms with van der Waals surface area (Å²) >= 11 is 0. The Bertz CT molecular complexity index is 2470. The molecule has 17 nitrogen and oxygen atoms in total. The molecule has 0 aromatic heterocycles. The van der Waals surface area contributed by atoms with E-state index in [0.717, 1.165) is 186 Å². The van der Waals surface area contributed by atoms with E-state index in [4.69, 9.17) is 37.0 Å². The van der Waals surface area contributed by atoms with Crippen molar-refractivity contribution in [3.63, 3.8) is 0 Å². The second-order valence-corrected chi connectivity index (χ2v) is 27.7. The smallest absolute Gasteiger partial charge is 0.462 e. The molecule has 0 aliphatic carbocycles. The van der Waals surface area contributed by atoms with Gasteiger partial charge in [-0.2, -0.15) is 0 Å². The number of phosphoric acid groups is 2. The number of phosphoric ester groups is 2. The predicted molar refractivity (Wildman–Crippen MR) is 408 cm³/mol. The molecule has 0 saturated carbocycles. The largest absolute Gasteiger partial charge is 0.472 e. The summed E-state index contributed by atoms with van der Waals surface area (Å²) in [5, 5.41) is 10.6. The van der Waals surface area contributed by atoms with E-state index < -0.39 is 97.5 Å². The molecule has 0 bridgehead atoms. The summed E-state index contributed by atoms with van der Waals surface area (Å²) in [4.78, 5) is 72.9. The fraction of sp³-hybridized carbons (Fsp3) is 0.654. The van der Waals surface area contributed by atoms with E-state index in [1.165, 1.54) is 19.3 Å². The van der Waals surface area contributed by atoms with Crippen LogP contribution in [0, 0.1) is 0 Å². The third-order valence-electron chi connectivity index (χ3n) is 15.3. The fourth-order valence-electron chi connectivity index (χ4n) is 9.56. The first-order valence-electron chi connectivity index (χ1n) is 38.1. The van der Waals surface area contributed by atoms with E-state index in [1.807, 2.05) is 0 Å². The average Bonchev–Trinajstić information content (AvgIpc) is 1.01. The molecule has 0 radical (unpaired) electrons. The van der Waals surface area contributed by atoms with Crippen molar-refractivity contribution in [2.75, 3.05) is 39.6 Å². The van der Waals surface area contributed by atoms with Gasteiger partial charge in [0.2, 0.25) is 0 Å². The Kier molecular flexibility index (Phi) is 68.6. The van der Waals surface area contributed by atoms with Crippen molar-refractivity contribution in [3.8, 4) is 0 Å². The van der Waals surface area contributed by atoms with Crippen LogP contribution in [0.1, 0.15) is 285 Å². The zero-order valence-corrected chi connectivity index (χ0v) is 63.9. The van der Waals surface area contributed by atoms with Gasteiger partial charge in [-0.25, -0.2) is 9.13 Å². The highest BCUT2D eigenvalue weighted by molar-refractivity contribution is 7.47. The van der Waals surface area contributed by atoms with Gasteiger partial charge in [0.15, 0.2) is 12.2 Å². The summed E-state index contributed by atoms with van der Waals surface area (Å²) in [7, 11) is -9.99. The van der Waals surface area contributed by atoms with Crippen LogP contribution in [0.4, 0.5) is 0 Å². The molecular formula is C81H134O17P2. The van der Waals surface area contributed by atoms with Gasteiger partial charge in [-0.3, -0.25) is 37.3 Å². The quantitative estimate of drug-likeness (QED) is 0.0169. The van der Waals surface area contributed by atoms with Crippen LogP contribution in [0.3, 0.4) is 0 Å². The number of aliphatic hydroxyl groups is 1. The van der Waals surface area contributed by atoms with E-state index in [9.17, 15) is 43.2 Å². The minimum atomic E-state index is -4.99. The molecule has 0 fully saturated rings. The van der Waals surface area contributed by atoms with Crippen LogP contribution >= 0.6 is 15.6 Å². The molecule has 0 rings (SSSR count). The molecule has 0 aliphatic rings. The SMILES string of the molecule is CC/C=C\C/C=C\C/C=C\C/C=C\CCCCC(=O)OCC(COP(=O)(O)OCC(O)COP(=O)(O)OCC(COC(=O)CCCCCCC/C=C\C/C=C\C/C=C\CC)OC(=O)CCCCCCC/C=C\C/C=C\CCCCC)OC(=O)CCCCCCC/C=C\C/C=C\C/C=C\CC. The first kappa shape index (κ1) is 94.9. The molecule has 5 unspecified atom stereocenters. The minimum absolute atomic E-state index is 0.0614. The number of aliphatic hydroxyl groups excluding tert-OH is 1. The van der Waals surface area contributed by atoms with Crippen LogP contribution < -0.4 is 0 Å². The maximum absolute atomic E-state index is 13.1. The summed E-state index contributed by atoms with van der Waals surface area (Å²) in [6, 6.07) is 0. The van der Waals surface area contributed by atoms with Gasteiger partial charge < -0.3 is 33.8 Å². The second-order valence-electron chi connectivity index (χ2n) is 24.8. The maximum atomic E-state index is 13.1. The molecule has 100 heavy (non-hydrogen) atoms. The maximum Gasteiger partial charge on any atom is 0.472 e. The normalized spacial score (nSPS) is 14.8.